The molecule has 0 bridgehead atoms. The van der Waals surface area contributed by atoms with Crippen LogP contribution in [0, 0.1) is 27.3 Å². The number of rotatable bonds is 3. The molecule has 1 rings (SSSR count). The summed E-state index contributed by atoms with van der Waals surface area (Å²) in [5.74, 6) is -0.960. The van der Waals surface area contributed by atoms with Gasteiger partial charge in [0, 0.05) is 5.56 Å². The van der Waals surface area contributed by atoms with Crippen molar-refractivity contribution in [3.63, 3.8) is 0 Å². The summed E-state index contributed by atoms with van der Waals surface area (Å²) in [7, 11) is 0. The summed E-state index contributed by atoms with van der Waals surface area (Å²) >= 11 is 0. The average molecular weight is 208 g/mol. The monoisotopic (exact) mass is 208 g/mol. The van der Waals surface area contributed by atoms with Gasteiger partial charge in [0.2, 0.25) is 0 Å². The van der Waals surface area contributed by atoms with E-state index in [1.54, 1.807) is 6.07 Å². The smallest absolute Gasteiger partial charge is 0.276 e. The molecule has 0 aliphatic heterocycles. The zero-order valence-electron chi connectivity index (χ0n) is 7.44. The first-order valence-corrected chi connectivity index (χ1v) is 3.89. The standard InChI is InChI=1S/C9H5FN2O3/c10-8-4-9(12(14)15)6(1-2-11)3-7(8)5-13/h3-5H,1H2. The van der Waals surface area contributed by atoms with Gasteiger partial charge in [-0.1, -0.05) is 0 Å². The van der Waals surface area contributed by atoms with Crippen molar-refractivity contribution in [1.82, 2.24) is 0 Å². The maximum atomic E-state index is 13.0. The van der Waals surface area contributed by atoms with Crippen LogP contribution in [0.4, 0.5) is 10.1 Å². The minimum absolute atomic E-state index is 0.0333. The van der Waals surface area contributed by atoms with Crippen molar-refractivity contribution in [3.8, 4) is 6.07 Å². The molecule has 0 atom stereocenters. The molecule has 0 aliphatic rings. The molecule has 0 radical (unpaired) electrons. The number of hydrogen-bond acceptors (Lipinski definition) is 4. The molecule has 0 heterocycles. The summed E-state index contributed by atoms with van der Waals surface area (Å²) in [4.78, 5) is 20.1. The van der Waals surface area contributed by atoms with Gasteiger partial charge in [0.1, 0.15) is 5.82 Å². The fraction of sp³-hybridized carbons (Fsp3) is 0.111. The van der Waals surface area contributed by atoms with E-state index in [9.17, 15) is 19.3 Å². The molecule has 0 fully saturated rings. The molecule has 0 spiro atoms. The number of nitro benzene ring substituents is 1. The predicted octanol–water partition coefficient (Wildman–Crippen LogP) is 1.61. The molecule has 0 amide bonds. The third-order valence-corrected chi connectivity index (χ3v) is 1.79. The lowest BCUT2D eigenvalue weighted by atomic mass is 10.1. The molecule has 5 nitrogen and oxygen atoms in total. The van der Waals surface area contributed by atoms with E-state index >= 15 is 0 Å². The van der Waals surface area contributed by atoms with E-state index in [1.807, 2.05) is 0 Å². The van der Waals surface area contributed by atoms with Gasteiger partial charge in [0.25, 0.3) is 5.69 Å². The number of aldehydes is 1. The van der Waals surface area contributed by atoms with Crippen molar-refractivity contribution < 1.29 is 14.1 Å². The summed E-state index contributed by atoms with van der Waals surface area (Å²) in [5.41, 5.74) is -0.739. The largest absolute Gasteiger partial charge is 0.298 e. The second-order valence-electron chi connectivity index (χ2n) is 2.71. The average Bonchev–Trinajstić information content (AvgIpc) is 2.20. The highest BCUT2D eigenvalue weighted by Gasteiger charge is 2.17. The van der Waals surface area contributed by atoms with Crippen LogP contribution in [0.3, 0.4) is 0 Å². The number of nitriles is 1. The molecule has 1 aromatic carbocycles. The van der Waals surface area contributed by atoms with Gasteiger partial charge in [0.15, 0.2) is 6.29 Å². The maximum Gasteiger partial charge on any atom is 0.276 e. The Morgan fingerprint density at radius 1 is 1.60 bits per heavy atom. The lowest BCUT2D eigenvalue weighted by Gasteiger charge is -2.00. The highest BCUT2D eigenvalue weighted by atomic mass is 19.1. The quantitative estimate of drug-likeness (QED) is 0.429. The zero-order valence-corrected chi connectivity index (χ0v) is 7.44. The molecule has 15 heavy (non-hydrogen) atoms. The van der Waals surface area contributed by atoms with Crippen molar-refractivity contribution in [2.75, 3.05) is 0 Å². The molecule has 0 unspecified atom stereocenters. The molecular formula is C9H5FN2O3. The van der Waals surface area contributed by atoms with Crippen LogP contribution in [0.5, 0.6) is 0 Å². The van der Waals surface area contributed by atoms with Crippen LogP contribution in [-0.4, -0.2) is 11.2 Å². The van der Waals surface area contributed by atoms with E-state index in [0.717, 1.165) is 6.07 Å². The van der Waals surface area contributed by atoms with E-state index in [2.05, 4.69) is 0 Å². The van der Waals surface area contributed by atoms with Gasteiger partial charge in [0.05, 0.1) is 29.0 Å². The van der Waals surface area contributed by atoms with Gasteiger partial charge in [-0.15, -0.1) is 0 Å². The minimum Gasteiger partial charge on any atom is -0.298 e. The Kier molecular flexibility index (Phi) is 3.08. The van der Waals surface area contributed by atoms with E-state index in [-0.39, 0.29) is 23.8 Å². The van der Waals surface area contributed by atoms with Gasteiger partial charge in [-0.25, -0.2) is 4.39 Å². The third-order valence-electron chi connectivity index (χ3n) is 1.79. The first kappa shape index (κ1) is 10.8. The number of halogens is 1. The topological polar surface area (TPSA) is 84.0 Å². The maximum absolute atomic E-state index is 13.0. The second-order valence-corrected chi connectivity index (χ2v) is 2.71. The number of carbonyl (C=O) groups excluding carboxylic acids is 1. The van der Waals surface area contributed by atoms with Crippen LogP contribution in [0.15, 0.2) is 12.1 Å². The lowest BCUT2D eigenvalue weighted by Crippen LogP contribution is -1.99. The van der Waals surface area contributed by atoms with Gasteiger partial charge in [-0.2, -0.15) is 5.26 Å². The molecule has 0 aromatic heterocycles. The Labute approximate surface area is 83.9 Å². The first-order valence-electron chi connectivity index (χ1n) is 3.89. The van der Waals surface area contributed by atoms with Crippen LogP contribution < -0.4 is 0 Å². The van der Waals surface area contributed by atoms with Gasteiger partial charge < -0.3 is 0 Å². The fourth-order valence-corrected chi connectivity index (χ4v) is 1.11. The Hall–Kier alpha value is -2.29. The lowest BCUT2D eigenvalue weighted by molar-refractivity contribution is -0.385. The normalized spacial score (nSPS) is 9.33. The van der Waals surface area contributed by atoms with Gasteiger partial charge >= 0.3 is 0 Å². The Balaban J connectivity index is 3.39. The second kappa shape index (κ2) is 4.28. The molecule has 0 aliphatic carbocycles. The molecule has 1 aromatic rings. The summed E-state index contributed by atoms with van der Waals surface area (Å²) < 4.78 is 13.0. The Bertz CT molecular complexity index is 465. The van der Waals surface area contributed by atoms with Crippen molar-refractivity contribution in [3.05, 3.63) is 39.2 Å². The van der Waals surface area contributed by atoms with Crippen LogP contribution in [0.1, 0.15) is 15.9 Å². The summed E-state index contributed by atoms with van der Waals surface area (Å²) in [6, 6.07) is 3.37. The Morgan fingerprint density at radius 3 is 2.73 bits per heavy atom. The predicted molar refractivity (Wildman–Crippen MR) is 47.8 cm³/mol. The highest BCUT2D eigenvalue weighted by molar-refractivity contribution is 5.76. The summed E-state index contributed by atoms with van der Waals surface area (Å²) in [5, 5.41) is 18.9. The number of benzene rings is 1. The summed E-state index contributed by atoms with van der Waals surface area (Å²) in [6.45, 7) is 0. The molecule has 0 saturated heterocycles. The molecule has 0 N–H and O–H groups in total. The number of hydrogen-bond donors (Lipinski definition) is 0. The minimum atomic E-state index is -0.960. The zero-order chi connectivity index (χ0) is 11.4. The fourth-order valence-electron chi connectivity index (χ4n) is 1.11. The van der Waals surface area contributed by atoms with Gasteiger partial charge in [-0.3, -0.25) is 14.9 Å². The van der Waals surface area contributed by atoms with Crippen LogP contribution in [0.25, 0.3) is 0 Å². The van der Waals surface area contributed by atoms with Gasteiger partial charge in [-0.05, 0) is 6.07 Å². The van der Waals surface area contributed by atoms with Crippen LogP contribution >= 0.6 is 0 Å². The molecule has 6 heteroatoms. The number of nitro groups is 1. The summed E-state index contributed by atoms with van der Waals surface area (Å²) in [6.07, 6.45) is 0.0113. The van der Waals surface area contributed by atoms with E-state index in [0.29, 0.717) is 6.07 Å². The van der Waals surface area contributed by atoms with Crippen LogP contribution in [0.2, 0.25) is 0 Å². The SMILES string of the molecule is N#CCc1cc(C=O)c(F)cc1[N+](=O)[O-]. The van der Waals surface area contributed by atoms with Crippen LogP contribution in [-0.2, 0) is 6.42 Å². The molecule has 76 valence electrons. The van der Waals surface area contributed by atoms with E-state index < -0.39 is 16.4 Å². The first-order chi connectivity index (χ1) is 7.10. The van der Waals surface area contributed by atoms with E-state index in [4.69, 9.17) is 5.26 Å². The van der Waals surface area contributed by atoms with Crippen molar-refractivity contribution >= 4 is 12.0 Å². The number of nitrogens with zero attached hydrogens (tertiary/aromatic N) is 2. The van der Waals surface area contributed by atoms with E-state index in [1.165, 1.54) is 0 Å². The third kappa shape index (κ3) is 2.14. The van der Waals surface area contributed by atoms with Crippen molar-refractivity contribution in [2.24, 2.45) is 0 Å². The molecule has 0 saturated carbocycles. The Morgan fingerprint density at radius 2 is 2.27 bits per heavy atom. The highest BCUT2D eigenvalue weighted by Crippen LogP contribution is 2.22. The molecular weight excluding hydrogens is 203 g/mol. The van der Waals surface area contributed by atoms with Crippen molar-refractivity contribution in [2.45, 2.75) is 6.42 Å². The number of carbonyl (C=O) groups is 1. The van der Waals surface area contributed by atoms with Crippen molar-refractivity contribution in [1.29, 1.82) is 5.26 Å².